The topological polar surface area (TPSA) is 67.8 Å². The Hall–Kier alpha value is -1.75. The van der Waals surface area contributed by atoms with Gasteiger partial charge in [0.2, 0.25) is 0 Å². The molecule has 0 saturated carbocycles. The van der Waals surface area contributed by atoms with Crippen molar-refractivity contribution in [3.8, 4) is 11.5 Å². The van der Waals surface area contributed by atoms with E-state index in [4.69, 9.17) is 9.47 Å². The minimum absolute atomic E-state index is 0.178. The highest BCUT2D eigenvalue weighted by Gasteiger charge is 2.18. The lowest BCUT2D eigenvalue weighted by atomic mass is 10.1. The minimum atomic E-state index is -0.683. The maximum atomic E-state index is 12.0. The molecule has 1 rings (SSSR count). The molecule has 0 heterocycles. The van der Waals surface area contributed by atoms with Gasteiger partial charge in [-0.3, -0.25) is 4.79 Å². The molecule has 0 saturated heterocycles. The van der Waals surface area contributed by atoms with Gasteiger partial charge in [-0.25, -0.2) is 0 Å². The van der Waals surface area contributed by atoms with Gasteiger partial charge < -0.3 is 19.9 Å². The maximum absolute atomic E-state index is 12.0. The molecule has 0 spiro atoms. The van der Waals surface area contributed by atoms with E-state index in [0.717, 1.165) is 0 Å². The number of carbonyl (C=O) groups excluding carboxylic acids is 1. The number of carbonyl (C=O) groups is 1. The summed E-state index contributed by atoms with van der Waals surface area (Å²) in [7, 11) is 1.56. The molecular formula is C16H25NO4. The molecule has 21 heavy (non-hydrogen) atoms. The third-order valence-corrected chi connectivity index (χ3v) is 3.03. The van der Waals surface area contributed by atoms with Crippen LogP contribution in [0.2, 0.25) is 0 Å². The van der Waals surface area contributed by atoms with Crippen LogP contribution in [0.4, 0.5) is 0 Å². The van der Waals surface area contributed by atoms with Gasteiger partial charge in [0.1, 0.15) is 11.5 Å². The summed E-state index contributed by atoms with van der Waals surface area (Å²) >= 11 is 0. The predicted octanol–water partition coefficient (Wildman–Crippen LogP) is 2.29. The number of nitrogens with one attached hydrogen (secondary N) is 1. The molecule has 118 valence electrons. The van der Waals surface area contributed by atoms with Crippen LogP contribution in [-0.4, -0.2) is 30.8 Å². The largest absolute Gasteiger partial charge is 0.497 e. The summed E-state index contributed by atoms with van der Waals surface area (Å²) in [6, 6.07) is 5.16. The first-order valence-electron chi connectivity index (χ1n) is 7.15. The van der Waals surface area contributed by atoms with Gasteiger partial charge in [-0.15, -0.1) is 0 Å². The number of methoxy groups -OCH3 is 1. The van der Waals surface area contributed by atoms with E-state index < -0.39 is 12.2 Å². The van der Waals surface area contributed by atoms with Crippen LogP contribution in [-0.2, 0) is 4.79 Å². The van der Waals surface area contributed by atoms with Crippen LogP contribution in [0.15, 0.2) is 18.2 Å². The van der Waals surface area contributed by atoms with E-state index in [1.54, 1.807) is 39.2 Å². The van der Waals surface area contributed by atoms with E-state index in [1.165, 1.54) is 0 Å². The monoisotopic (exact) mass is 295 g/mol. The molecule has 1 amide bonds. The Balaban J connectivity index is 2.82. The van der Waals surface area contributed by atoms with Gasteiger partial charge in [-0.1, -0.05) is 13.8 Å². The number of ether oxygens (including phenoxy) is 2. The lowest BCUT2D eigenvalue weighted by Crippen LogP contribution is -2.38. The fourth-order valence-electron chi connectivity index (χ4n) is 1.78. The predicted molar refractivity (Wildman–Crippen MR) is 81.6 cm³/mol. The summed E-state index contributed by atoms with van der Waals surface area (Å²) in [4.78, 5) is 12.0. The van der Waals surface area contributed by atoms with E-state index >= 15 is 0 Å². The summed E-state index contributed by atoms with van der Waals surface area (Å²) in [6.07, 6.45) is -1.33. The molecule has 5 nitrogen and oxygen atoms in total. The molecule has 0 aliphatic rings. The van der Waals surface area contributed by atoms with Gasteiger partial charge in [-0.05, 0) is 31.9 Å². The summed E-state index contributed by atoms with van der Waals surface area (Å²) in [5.74, 6) is 1.27. The third kappa shape index (κ3) is 5.27. The van der Waals surface area contributed by atoms with Gasteiger partial charge in [0.15, 0.2) is 6.10 Å². The van der Waals surface area contributed by atoms with Crippen LogP contribution in [0.3, 0.4) is 0 Å². The Bertz CT molecular complexity index is 471. The highest BCUT2D eigenvalue weighted by atomic mass is 16.5. The standard InChI is InChI=1S/C16H25NO4/c1-10(2)9-17-16(19)12(4)21-15-8-13(20-5)6-7-14(15)11(3)18/h6-8,10-12,18H,9H2,1-5H3,(H,17,19). The number of benzene rings is 1. The molecule has 0 fully saturated rings. The van der Waals surface area contributed by atoms with Gasteiger partial charge in [0.05, 0.1) is 13.2 Å². The Labute approximate surface area is 126 Å². The zero-order valence-electron chi connectivity index (χ0n) is 13.3. The minimum Gasteiger partial charge on any atom is -0.497 e. The molecule has 2 atom stereocenters. The molecule has 1 aromatic rings. The second-order valence-electron chi connectivity index (χ2n) is 5.48. The van der Waals surface area contributed by atoms with Crippen LogP contribution < -0.4 is 14.8 Å². The molecule has 2 unspecified atom stereocenters. The van der Waals surface area contributed by atoms with Gasteiger partial charge in [-0.2, -0.15) is 0 Å². The molecule has 2 N–H and O–H groups in total. The van der Waals surface area contributed by atoms with Crippen LogP contribution >= 0.6 is 0 Å². The lowest BCUT2D eigenvalue weighted by Gasteiger charge is -2.19. The maximum Gasteiger partial charge on any atom is 0.260 e. The van der Waals surface area contributed by atoms with Crippen LogP contribution in [0.25, 0.3) is 0 Å². The van der Waals surface area contributed by atoms with Crippen molar-refractivity contribution in [1.82, 2.24) is 5.32 Å². The number of hydrogen-bond donors (Lipinski definition) is 2. The molecule has 0 bridgehead atoms. The summed E-state index contributed by atoms with van der Waals surface area (Å²) in [6.45, 7) is 7.99. The van der Waals surface area contributed by atoms with Gasteiger partial charge >= 0.3 is 0 Å². The highest BCUT2D eigenvalue weighted by Crippen LogP contribution is 2.30. The fourth-order valence-corrected chi connectivity index (χ4v) is 1.78. The Kier molecular flexibility index (Phi) is 6.49. The molecular weight excluding hydrogens is 270 g/mol. The number of rotatable bonds is 7. The van der Waals surface area contributed by atoms with Crippen molar-refractivity contribution >= 4 is 5.91 Å². The van der Waals surface area contributed by atoms with Crippen LogP contribution in [0.1, 0.15) is 39.4 Å². The lowest BCUT2D eigenvalue weighted by molar-refractivity contribution is -0.127. The van der Waals surface area contributed by atoms with E-state index in [9.17, 15) is 9.90 Å². The SMILES string of the molecule is COc1ccc(C(C)O)c(OC(C)C(=O)NCC(C)C)c1. The van der Waals surface area contributed by atoms with E-state index in [-0.39, 0.29) is 5.91 Å². The van der Waals surface area contributed by atoms with Gasteiger partial charge in [0, 0.05) is 18.2 Å². The first kappa shape index (κ1) is 17.3. The molecule has 0 aliphatic heterocycles. The normalized spacial score (nSPS) is 13.7. The zero-order chi connectivity index (χ0) is 16.0. The molecule has 0 aromatic heterocycles. The average molecular weight is 295 g/mol. The average Bonchev–Trinajstić information content (AvgIpc) is 2.43. The van der Waals surface area contributed by atoms with Crippen molar-refractivity contribution in [2.75, 3.05) is 13.7 Å². The Morgan fingerprint density at radius 3 is 2.48 bits per heavy atom. The summed E-state index contributed by atoms with van der Waals surface area (Å²) < 4.78 is 10.8. The van der Waals surface area contributed by atoms with Crippen molar-refractivity contribution in [3.05, 3.63) is 23.8 Å². The Morgan fingerprint density at radius 2 is 1.95 bits per heavy atom. The summed E-state index contributed by atoms with van der Waals surface area (Å²) in [5, 5.41) is 12.6. The number of amides is 1. The van der Waals surface area contributed by atoms with Crippen LogP contribution in [0, 0.1) is 5.92 Å². The third-order valence-electron chi connectivity index (χ3n) is 3.03. The first-order chi connectivity index (χ1) is 9.85. The van der Waals surface area contributed by atoms with Gasteiger partial charge in [0.25, 0.3) is 5.91 Å². The zero-order valence-corrected chi connectivity index (χ0v) is 13.3. The number of aliphatic hydroxyl groups excluding tert-OH is 1. The second kappa shape index (κ2) is 7.88. The van der Waals surface area contributed by atoms with Crippen LogP contribution in [0.5, 0.6) is 11.5 Å². The van der Waals surface area contributed by atoms with E-state index in [0.29, 0.717) is 29.5 Å². The first-order valence-corrected chi connectivity index (χ1v) is 7.15. The number of hydrogen-bond acceptors (Lipinski definition) is 4. The van der Waals surface area contributed by atoms with Crippen molar-refractivity contribution in [3.63, 3.8) is 0 Å². The number of aliphatic hydroxyl groups is 1. The van der Waals surface area contributed by atoms with Crippen molar-refractivity contribution in [1.29, 1.82) is 0 Å². The van der Waals surface area contributed by atoms with E-state index in [1.807, 2.05) is 13.8 Å². The Morgan fingerprint density at radius 1 is 1.29 bits per heavy atom. The smallest absolute Gasteiger partial charge is 0.260 e. The van der Waals surface area contributed by atoms with Crippen molar-refractivity contribution in [2.24, 2.45) is 5.92 Å². The second-order valence-corrected chi connectivity index (χ2v) is 5.48. The summed E-state index contributed by atoms with van der Waals surface area (Å²) in [5.41, 5.74) is 0.624. The molecule has 0 aliphatic carbocycles. The quantitative estimate of drug-likeness (QED) is 0.810. The van der Waals surface area contributed by atoms with Crippen molar-refractivity contribution in [2.45, 2.75) is 39.9 Å². The fraction of sp³-hybridized carbons (Fsp3) is 0.562. The molecule has 5 heteroatoms. The van der Waals surface area contributed by atoms with Crippen molar-refractivity contribution < 1.29 is 19.4 Å². The molecule has 0 radical (unpaired) electrons. The highest BCUT2D eigenvalue weighted by molar-refractivity contribution is 5.80. The molecule has 1 aromatic carbocycles. The van der Waals surface area contributed by atoms with E-state index in [2.05, 4.69) is 5.32 Å².